The van der Waals surface area contributed by atoms with Crippen LogP contribution in [-0.4, -0.2) is 18.9 Å². The van der Waals surface area contributed by atoms with Gasteiger partial charge in [-0.3, -0.25) is 4.99 Å². The molecule has 0 bridgehead atoms. The predicted octanol–water partition coefficient (Wildman–Crippen LogP) is 1.95. The second kappa shape index (κ2) is 6.40. The number of hydrogen-bond acceptors (Lipinski definition) is 3. The normalized spacial score (nSPS) is 11.5. The Balaban J connectivity index is 2.54. The van der Waals surface area contributed by atoms with Crippen LogP contribution in [0.3, 0.4) is 0 Å². The molecule has 1 N–H and O–H groups in total. The van der Waals surface area contributed by atoms with Crippen molar-refractivity contribution in [2.24, 2.45) is 4.99 Å². The van der Waals surface area contributed by atoms with Crippen molar-refractivity contribution in [1.29, 1.82) is 0 Å². The molecule has 0 amide bonds. The zero-order chi connectivity index (χ0) is 11.8. The summed E-state index contributed by atoms with van der Waals surface area (Å²) in [5.41, 5.74) is 2.97. The molecule has 0 aliphatic rings. The molecule has 0 heterocycles. The van der Waals surface area contributed by atoms with Crippen LogP contribution in [-0.2, 0) is 4.84 Å². The predicted molar refractivity (Wildman–Crippen MR) is 63.2 cm³/mol. The van der Waals surface area contributed by atoms with Crippen molar-refractivity contribution in [3.63, 3.8) is 0 Å². The topological polar surface area (TPSA) is 50.7 Å². The lowest BCUT2D eigenvalue weighted by Gasteiger charge is -2.05. The summed E-state index contributed by atoms with van der Waals surface area (Å²) in [6, 6.07) is 8.75. The number of allylic oxidation sites excluding steroid dienone is 1. The minimum Gasteiger partial charge on any atom is -0.336 e. The molecule has 0 spiro atoms. The van der Waals surface area contributed by atoms with E-state index in [1.54, 1.807) is 43.5 Å². The van der Waals surface area contributed by atoms with Gasteiger partial charge in [-0.25, -0.2) is 10.3 Å². The Hall–Kier alpha value is -2.10. The minimum absolute atomic E-state index is 0.439. The molecule has 1 aromatic rings. The minimum atomic E-state index is -0.439. The third kappa shape index (κ3) is 3.57. The van der Waals surface area contributed by atoms with E-state index in [0.29, 0.717) is 11.4 Å². The van der Waals surface area contributed by atoms with E-state index in [9.17, 15) is 4.79 Å². The van der Waals surface area contributed by atoms with E-state index in [0.717, 1.165) is 0 Å². The van der Waals surface area contributed by atoms with Crippen molar-refractivity contribution in [3.8, 4) is 0 Å². The van der Waals surface area contributed by atoms with Gasteiger partial charge in [0.25, 0.3) is 0 Å². The van der Waals surface area contributed by atoms with Crippen molar-refractivity contribution in [2.45, 2.75) is 6.92 Å². The number of carbonyl (C=O) groups is 1. The van der Waals surface area contributed by atoms with Crippen LogP contribution in [0, 0.1) is 0 Å². The molecule has 0 aromatic heterocycles. The molecular formula is C12H14N2O2. The van der Waals surface area contributed by atoms with E-state index < -0.39 is 5.97 Å². The molecular weight excluding hydrogens is 204 g/mol. The van der Waals surface area contributed by atoms with E-state index in [1.807, 2.05) is 13.0 Å². The lowest BCUT2D eigenvalue weighted by molar-refractivity contribution is 0.0388. The number of benzene rings is 1. The Morgan fingerprint density at radius 3 is 2.62 bits per heavy atom. The first-order chi connectivity index (χ1) is 7.77. The summed E-state index contributed by atoms with van der Waals surface area (Å²) in [6.07, 6.45) is 3.50. The van der Waals surface area contributed by atoms with Crippen LogP contribution in [0.5, 0.6) is 0 Å². The first kappa shape index (κ1) is 12.0. The van der Waals surface area contributed by atoms with Gasteiger partial charge in [0.1, 0.15) is 0 Å². The molecule has 0 radical (unpaired) electrons. The Labute approximate surface area is 94.6 Å². The fraction of sp³-hybridized carbons (Fsp3) is 0.167. The molecule has 1 rings (SSSR count). The average molecular weight is 218 g/mol. The molecule has 0 saturated carbocycles. The molecule has 0 atom stereocenters. The molecule has 0 fully saturated rings. The summed E-state index contributed by atoms with van der Waals surface area (Å²) in [4.78, 5) is 20.3. The van der Waals surface area contributed by atoms with Gasteiger partial charge < -0.3 is 4.84 Å². The summed E-state index contributed by atoms with van der Waals surface area (Å²) in [5.74, 6) is 0.0537. The second-order valence-electron chi connectivity index (χ2n) is 2.97. The number of nitrogens with one attached hydrogen (secondary N) is 1. The molecule has 0 aliphatic heterocycles. The lowest BCUT2D eigenvalue weighted by Crippen LogP contribution is -2.25. The molecule has 0 saturated heterocycles. The fourth-order valence-corrected chi connectivity index (χ4v) is 1.04. The summed E-state index contributed by atoms with van der Waals surface area (Å²) in [6.45, 7) is 1.85. The van der Waals surface area contributed by atoms with Crippen molar-refractivity contribution in [3.05, 3.63) is 48.0 Å². The van der Waals surface area contributed by atoms with E-state index in [-0.39, 0.29) is 0 Å². The van der Waals surface area contributed by atoms with Gasteiger partial charge in [0.15, 0.2) is 5.84 Å². The molecule has 1 aromatic carbocycles. The third-order valence-corrected chi connectivity index (χ3v) is 1.82. The summed E-state index contributed by atoms with van der Waals surface area (Å²) in [7, 11) is 1.61. The second-order valence-corrected chi connectivity index (χ2v) is 2.97. The molecule has 0 unspecified atom stereocenters. The third-order valence-electron chi connectivity index (χ3n) is 1.82. The first-order valence-corrected chi connectivity index (χ1v) is 4.89. The van der Waals surface area contributed by atoms with Crippen LogP contribution in [0.2, 0.25) is 0 Å². The Kier molecular flexibility index (Phi) is 4.79. The van der Waals surface area contributed by atoms with E-state index in [2.05, 4.69) is 10.5 Å². The highest BCUT2D eigenvalue weighted by Crippen LogP contribution is 1.99. The Bertz CT molecular complexity index is 397. The van der Waals surface area contributed by atoms with Crippen LogP contribution in [0.25, 0.3) is 0 Å². The van der Waals surface area contributed by atoms with E-state index >= 15 is 0 Å². The highest BCUT2D eigenvalue weighted by Gasteiger charge is 2.06. The first-order valence-electron chi connectivity index (χ1n) is 4.89. The van der Waals surface area contributed by atoms with Gasteiger partial charge in [-0.1, -0.05) is 24.3 Å². The monoisotopic (exact) mass is 218 g/mol. The van der Waals surface area contributed by atoms with Crippen molar-refractivity contribution in [1.82, 2.24) is 5.48 Å². The number of carbonyl (C=O) groups excluding carboxylic acids is 1. The van der Waals surface area contributed by atoms with Crippen LogP contribution >= 0.6 is 0 Å². The van der Waals surface area contributed by atoms with Crippen molar-refractivity contribution in [2.75, 3.05) is 7.05 Å². The van der Waals surface area contributed by atoms with Gasteiger partial charge in [-0.15, -0.1) is 0 Å². The smallest absolute Gasteiger partial charge is 0.336 e. The van der Waals surface area contributed by atoms with Gasteiger partial charge in [0.2, 0.25) is 0 Å². The maximum absolute atomic E-state index is 11.5. The molecule has 84 valence electrons. The van der Waals surface area contributed by atoms with E-state index in [4.69, 9.17) is 4.84 Å². The number of amidine groups is 1. The Morgan fingerprint density at radius 1 is 1.38 bits per heavy atom. The van der Waals surface area contributed by atoms with Crippen LogP contribution in [0.15, 0.2) is 47.5 Å². The average Bonchev–Trinajstić information content (AvgIpc) is 2.35. The maximum atomic E-state index is 11.5. The number of rotatable bonds is 2. The maximum Gasteiger partial charge on any atom is 0.362 e. The van der Waals surface area contributed by atoms with Crippen LogP contribution < -0.4 is 5.48 Å². The molecule has 0 aliphatic carbocycles. The summed E-state index contributed by atoms with van der Waals surface area (Å²) < 4.78 is 0. The summed E-state index contributed by atoms with van der Waals surface area (Å²) in [5, 5.41) is 0. The highest BCUT2D eigenvalue weighted by atomic mass is 16.7. The van der Waals surface area contributed by atoms with Gasteiger partial charge in [0.05, 0.1) is 5.56 Å². The Morgan fingerprint density at radius 2 is 2.06 bits per heavy atom. The van der Waals surface area contributed by atoms with Crippen LogP contribution in [0.4, 0.5) is 0 Å². The van der Waals surface area contributed by atoms with Gasteiger partial charge in [-0.2, -0.15) is 0 Å². The number of aliphatic imine (C=N–C) groups is 1. The molecule has 4 nitrogen and oxygen atoms in total. The quantitative estimate of drug-likeness (QED) is 0.469. The highest BCUT2D eigenvalue weighted by molar-refractivity contribution is 5.94. The summed E-state index contributed by atoms with van der Waals surface area (Å²) >= 11 is 0. The number of hydroxylamine groups is 1. The number of nitrogens with zero attached hydrogens (tertiary/aromatic N) is 1. The zero-order valence-electron chi connectivity index (χ0n) is 9.31. The SMILES string of the molecule is C/C=C\C(=NC)NOC(=O)c1ccccc1. The van der Waals surface area contributed by atoms with E-state index in [1.165, 1.54) is 0 Å². The largest absolute Gasteiger partial charge is 0.362 e. The molecule has 16 heavy (non-hydrogen) atoms. The van der Waals surface area contributed by atoms with Gasteiger partial charge >= 0.3 is 5.97 Å². The molecule has 4 heteroatoms. The zero-order valence-corrected chi connectivity index (χ0v) is 9.31. The number of hydrogen-bond donors (Lipinski definition) is 1. The van der Waals surface area contributed by atoms with Crippen molar-refractivity contribution < 1.29 is 9.63 Å². The van der Waals surface area contributed by atoms with Gasteiger partial charge in [-0.05, 0) is 25.1 Å². The van der Waals surface area contributed by atoms with Crippen LogP contribution in [0.1, 0.15) is 17.3 Å². The fourth-order valence-electron chi connectivity index (χ4n) is 1.04. The van der Waals surface area contributed by atoms with Crippen molar-refractivity contribution >= 4 is 11.8 Å². The standard InChI is InChI=1S/C12H14N2O2/c1-3-7-11(13-2)14-16-12(15)10-8-5-4-6-9-10/h3-9H,1-2H3,(H,13,14)/b7-3-. The van der Waals surface area contributed by atoms with Gasteiger partial charge in [0, 0.05) is 7.05 Å². The lowest BCUT2D eigenvalue weighted by atomic mass is 10.2.